The summed E-state index contributed by atoms with van der Waals surface area (Å²) >= 11 is 0. The first kappa shape index (κ1) is 18.1. The van der Waals surface area contributed by atoms with Gasteiger partial charge < -0.3 is 4.74 Å². The Hall–Kier alpha value is -3.32. The summed E-state index contributed by atoms with van der Waals surface area (Å²) in [7, 11) is 0. The number of hydrogen-bond acceptors (Lipinski definition) is 6. The first-order chi connectivity index (χ1) is 13.6. The lowest BCUT2D eigenvalue weighted by Crippen LogP contribution is -2.18. The van der Waals surface area contributed by atoms with Crippen LogP contribution in [0, 0.1) is 10.1 Å². The molecule has 0 saturated carbocycles. The topological polar surface area (TPSA) is 85.6 Å². The number of aromatic nitrogens is 1. The third-order valence-electron chi connectivity index (χ3n) is 4.91. The van der Waals surface area contributed by atoms with Crippen LogP contribution in [0.4, 0.5) is 5.69 Å². The van der Waals surface area contributed by atoms with Gasteiger partial charge in [-0.1, -0.05) is 18.2 Å². The molecule has 0 N–H and O–H groups in total. The Balaban J connectivity index is 1.63. The van der Waals surface area contributed by atoms with Crippen molar-refractivity contribution in [3.8, 4) is 5.75 Å². The predicted octanol–water partition coefficient (Wildman–Crippen LogP) is 3.96. The number of carbonyl (C=O) groups is 1. The van der Waals surface area contributed by atoms with Gasteiger partial charge in [0.2, 0.25) is 0 Å². The molecule has 1 saturated heterocycles. The Bertz CT molecular complexity index is 1040. The molecule has 0 unspecified atom stereocenters. The van der Waals surface area contributed by atoms with Gasteiger partial charge in [0.15, 0.2) is 5.75 Å². The molecule has 0 bridgehead atoms. The molecule has 0 spiro atoms. The predicted molar refractivity (Wildman–Crippen MR) is 104 cm³/mol. The van der Waals surface area contributed by atoms with Gasteiger partial charge >= 0.3 is 5.97 Å². The number of benzene rings is 2. The van der Waals surface area contributed by atoms with E-state index in [9.17, 15) is 14.9 Å². The number of ether oxygens (including phenoxy) is 1. The van der Waals surface area contributed by atoms with Gasteiger partial charge in [-0.3, -0.25) is 20.0 Å². The van der Waals surface area contributed by atoms with Crippen LogP contribution in [0.5, 0.6) is 5.75 Å². The van der Waals surface area contributed by atoms with Crippen LogP contribution in [0.1, 0.15) is 28.8 Å². The summed E-state index contributed by atoms with van der Waals surface area (Å²) in [4.78, 5) is 29.7. The van der Waals surface area contributed by atoms with E-state index in [4.69, 9.17) is 4.74 Å². The Morgan fingerprint density at radius 1 is 1.14 bits per heavy atom. The number of hydrogen-bond donors (Lipinski definition) is 0. The molecule has 0 atom stereocenters. The van der Waals surface area contributed by atoms with E-state index in [-0.39, 0.29) is 11.3 Å². The molecule has 4 rings (SSSR count). The van der Waals surface area contributed by atoms with Crippen molar-refractivity contribution >= 4 is 22.6 Å². The Morgan fingerprint density at radius 3 is 2.75 bits per heavy atom. The number of carbonyl (C=O) groups excluding carboxylic acids is 1. The molecule has 0 amide bonds. The van der Waals surface area contributed by atoms with E-state index >= 15 is 0 Å². The third kappa shape index (κ3) is 3.70. The van der Waals surface area contributed by atoms with Gasteiger partial charge in [0.25, 0.3) is 5.69 Å². The van der Waals surface area contributed by atoms with E-state index in [1.807, 2.05) is 18.2 Å². The van der Waals surface area contributed by atoms with Crippen LogP contribution >= 0.6 is 0 Å². The molecule has 1 aromatic heterocycles. The van der Waals surface area contributed by atoms with Crippen LogP contribution in [0.25, 0.3) is 10.9 Å². The second-order valence-electron chi connectivity index (χ2n) is 6.80. The van der Waals surface area contributed by atoms with Crippen molar-refractivity contribution in [3.63, 3.8) is 0 Å². The number of likely N-dealkylation sites (tertiary alicyclic amines) is 1. The minimum absolute atomic E-state index is 0.124. The van der Waals surface area contributed by atoms with Crippen LogP contribution < -0.4 is 4.74 Å². The number of esters is 1. The van der Waals surface area contributed by atoms with Gasteiger partial charge in [-0.15, -0.1) is 0 Å². The van der Waals surface area contributed by atoms with Crippen molar-refractivity contribution in [2.24, 2.45) is 0 Å². The molecule has 1 aliphatic heterocycles. The lowest BCUT2D eigenvalue weighted by molar-refractivity contribution is -0.384. The second-order valence-corrected chi connectivity index (χ2v) is 6.80. The average Bonchev–Trinajstić information content (AvgIpc) is 3.23. The third-order valence-corrected chi connectivity index (χ3v) is 4.91. The van der Waals surface area contributed by atoms with Gasteiger partial charge in [-0.05, 0) is 49.7 Å². The van der Waals surface area contributed by atoms with Crippen molar-refractivity contribution in [3.05, 3.63) is 76.0 Å². The summed E-state index contributed by atoms with van der Waals surface area (Å²) < 4.78 is 5.54. The van der Waals surface area contributed by atoms with E-state index in [0.29, 0.717) is 11.3 Å². The maximum Gasteiger partial charge on any atom is 0.343 e. The fourth-order valence-corrected chi connectivity index (χ4v) is 3.51. The highest BCUT2D eigenvalue weighted by Gasteiger charge is 2.18. The monoisotopic (exact) mass is 377 g/mol. The number of non-ortho nitro benzene ring substituents is 1. The Kier molecular flexibility index (Phi) is 4.99. The fourth-order valence-electron chi connectivity index (χ4n) is 3.51. The Labute approximate surface area is 161 Å². The molecule has 142 valence electrons. The van der Waals surface area contributed by atoms with Gasteiger partial charge in [0.1, 0.15) is 5.52 Å². The fraction of sp³-hybridized carbons (Fsp3) is 0.238. The van der Waals surface area contributed by atoms with Crippen molar-refractivity contribution in [1.82, 2.24) is 9.88 Å². The van der Waals surface area contributed by atoms with Gasteiger partial charge in [0, 0.05) is 30.3 Å². The smallest absolute Gasteiger partial charge is 0.343 e. The van der Waals surface area contributed by atoms with Crippen LogP contribution in [0.2, 0.25) is 0 Å². The lowest BCUT2D eigenvalue weighted by Gasteiger charge is -2.17. The summed E-state index contributed by atoms with van der Waals surface area (Å²) in [6.07, 6.45) is 4.09. The molecule has 1 fully saturated rings. The van der Waals surface area contributed by atoms with Crippen molar-refractivity contribution in [2.75, 3.05) is 13.1 Å². The van der Waals surface area contributed by atoms with Crippen molar-refractivity contribution in [1.29, 1.82) is 0 Å². The van der Waals surface area contributed by atoms with Gasteiger partial charge in [-0.2, -0.15) is 0 Å². The molecular formula is C21H19N3O4. The highest BCUT2D eigenvalue weighted by molar-refractivity contribution is 5.95. The molecule has 28 heavy (non-hydrogen) atoms. The molecule has 0 aliphatic carbocycles. The first-order valence-electron chi connectivity index (χ1n) is 9.17. The van der Waals surface area contributed by atoms with E-state index in [2.05, 4.69) is 9.88 Å². The second kappa shape index (κ2) is 7.74. The average molecular weight is 377 g/mol. The summed E-state index contributed by atoms with van der Waals surface area (Å²) in [5.41, 5.74) is 1.72. The van der Waals surface area contributed by atoms with Crippen LogP contribution in [0.15, 0.2) is 54.7 Å². The SMILES string of the molecule is O=C(Oc1ccc(CN2CCCC2)c2cccnc12)c1cccc([N+](=O)[O-])c1. The van der Waals surface area contributed by atoms with Crippen LogP contribution in [-0.4, -0.2) is 33.9 Å². The normalized spacial score (nSPS) is 14.3. The number of fused-ring (bicyclic) bond motifs is 1. The standard InChI is InChI=1S/C21H19N3O4/c25-21(15-5-3-6-17(13-15)24(26)27)28-19-9-8-16(14-23-11-1-2-12-23)18-7-4-10-22-20(18)19/h3-10,13H,1-2,11-12,14H2. The van der Waals surface area contributed by atoms with E-state index in [1.54, 1.807) is 12.3 Å². The number of nitro groups is 1. The molecule has 1 aliphatic rings. The number of rotatable bonds is 5. The first-order valence-corrected chi connectivity index (χ1v) is 9.17. The Morgan fingerprint density at radius 2 is 1.96 bits per heavy atom. The number of nitrogens with zero attached hydrogens (tertiary/aromatic N) is 3. The minimum atomic E-state index is -0.650. The molecule has 7 heteroatoms. The highest BCUT2D eigenvalue weighted by atomic mass is 16.6. The van der Waals surface area contributed by atoms with Crippen molar-refractivity contribution in [2.45, 2.75) is 19.4 Å². The van der Waals surface area contributed by atoms with E-state index in [0.717, 1.165) is 30.6 Å². The molecule has 7 nitrogen and oxygen atoms in total. The summed E-state index contributed by atoms with van der Waals surface area (Å²) in [5.74, 6) is -0.305. The molecule has 2 aromatic carbocycles. The molecule has 2 heterocycles. The molecule has 0 radical (unpaired) electrons. The zero-order chi connectivity index (χ0) is 19.5. The summed E-state index contributed by atoms with van der Waals surface area (Å²) in [6, 6.07) is 13.0. The van der Waals surface area contributed by atoms with Gasteiger partial charge in [-0.25, -0.2) is 4.79 Å². The van der Waals surface area contributed by atoms with E-state index < -0.39 is 10.9 Å². The summed E-state index contributed by atoms with van der Waals surface area (Å²) in [5, 5.41) is 11.9. The maximum absolute atomic E-state index is 12.5. The molecule has 3 aromatic rings. The largest absolute Gasteiger partial charge is 0.421 e. The minimum Gasteiger partial charge on any atom is -0.421 e. The zero-order valence-corrected chi connectivity index (χ0v) is 15.2. The lowest BCUT2D eigenvalue weighted by atomic mass is 10.1. The molecular weight excluding hydrogens is 358 g/mol. The van der Waals surface area contributed by atoms with Crippen LogP contribution in [-0.2, 0) is 6.54 Å². The van der Waals surface area contributed by atoms with E-state index in [1.165, 1.54) is 37.1 Å². The highest BCUT2D eigenvalue weighted by Crippen LogP contribution is 2.29. The van der Waals surface area contributed by atoms with Crippen molar-refractivity contribution < 1.29 is 14.5 Å². The maximum atomic E-state index is 12.5. The zero-order valence-electron chi connectivity index (χ0n) is 15.2. The van der Waals surface area contributed by atoms with Crippen LogP contribution in [0.3, 0.4) is 0 Å². The van der Waals surface area contributed by atoms with Gasteiger partial charge in [0.05, 0.1) is 10.5 Å². The number of nitro benzene ring substituents is 1. The number of pyridine rings is 1. The summed E-state index contributed by atoms with van der Waals surface area (Å²) in [6.45, 7) is 3.01. The quantitative estimate of drug-likeness (QED) is 0.290.